The Kier molecular flexibility index (Phi) is 4.92. The number of hydrogen-bond donors (Lipinski definition) is 3. The van der Waals surface area contributed by atoms with Crippen molar-refractivity contribution in [3.63, 3.8) is 0 Å². The summed E-state index contributed by atoms with van der Waals surface area (Å²) in [6.45, 7) is 1.62. The Hall–Kier alpha value is -1.11. The number of rotatable bonds is 6. The lowest BCUT2D eigenvalue weighted by Crippen LogP contribution is -2.37. The van der Waals surface area contributed by atoms with Crippen LogP contribution in [-0.4, -0.2) is 26.2 Å². The molecule has 0 aromatic heterocycles. The smallest absolute Gasteiger partial charge is 0.216 e. The van der Waals surface area contributed by atoms with Crippen LogP contribution < -0.4 is 10.5 Å². The molecule has 0 saturated carbocycles. The summed E-state index contributed by atoms with van der Waals surface area (Å²) in [5.41, 5.74) is 6.78. The molecule has 17 heavy (non-hydrogen) atoms. The van der Waals surface area contributed by atoms with Crippen LogP contribution in [0.5, 0.6) is 0 Å². The van der Waals surface area contributed by atoms with Crippen molar-refractivity contribution < 1.29 is 13.5 Å². The Morgan fingerprint density at radius 2 is 1.94 bits per heavy atom. The zero-order valence-corrected chi connectivity index (χ0v) is 10.6. The SMILES string of the molecule is CCC(CO)NS(=O)(=O)Cc1ccc(N)cc1. The maximum Gasteiger partial charge on any atom is 0.216 e. The van der Waals surface area contributed by atoms with Crippen LogP contribution in [0.15, 0.2) is 24.3 Å². The average molecular weight is 258 g/mol. The van der Waals surface area contributed by atoms with Gasteiger partial charge in [-0.3, -0.25) is 0 Å². The van der Waals surface area contributed by atoms with Gasteiger partial charge in [-0.15, -0.1) is 0 Å². The highest BCUT2D eigenvalue weighted by atomic mass is 32.2. The molecule has 0 spiro atoms. The first-order valence-electron chi connectivity index (χ1n) is 5.42. The zero-order chi connectivity index (χ0) is 12.9. The summed E-state index contributed by atoms with van der Waals surface area (Å²) in [6.07, 6.45) is 0.553. The molecule has 0 fully saturated rings. The second-order valence-electron chi connectivity index (χ2n) is 3.91. The minimum absolute atomic E-state index is 0.107. The van der Waals surface area contributed by atoms with E-state index in [-0.39, 0.29) is 12.4 Å². The number of aliphatic hydroxyl groups excluding tert-OH is 1. The van der Waals surface area contributed by atoms with Crippen molar-refractivity contribution in [3.8, 4) is 0 Å². The molecule has 96 valence electrons. The maximum absolute atomic E-state index is 11.8. The lowest BCUT2D eigenvalue weighted by Gasteiger charge is -2.14. The number of nitrogen functional groups attached to an aromatic ring is 1. The van der Waals surface area contributed by atoms with Crippen molar-refractivity contribution in [2.24, 2.45) is 0 Å². The summed E-state index contributed by atoms with van der Waals surface area (Å²) in [4.78, 5) is 0. The van der Waals surface area contributed by atoms with Crippen molar-refractivity contribution in [2.75, 3.05) is 12.3 Å². The first-order chi connectivity index (χ1) is 7.96. The third-order valence-corrected chi connectivity index (χ3v) is 3.80. The van der Waals surface area contributed by atoms with Gasteiger partial charge in [0.15, 0.2) is 0 Å². The van der Waals surface area contributed by atoms with E-state index in [0.717, 1.165) is 0 Å². The third-order valence-electron chi connectivity index (χ3n) is 2.40. The molecule has 1 atom stereocenters. The Morgan fingerprint density at radius 1 is 1.35 bits per heavy atom. The normalized spacial score (nSPS) is 13.5. The lowest BCUT2D eigenvalue weighted by atomic mass is 10.2. The summed E-state index contributed by atoms with van der Waals surface area (Å²) in [5, 5.41) is 8.95. The van der Waals surface area contributed by atoms with E-state index in [9.17, 15) is 8.42 Å². The van der Waals surface area contributed by atoms with Gasteiger partial charge in [0.05, 0.1) is 12.4 Å². The molecule has 1 aromatic rings. The molecule has 1 rings (SSSR count). The maximum atomic E-state index is 11.8. The lowest BCUT2D eigenvalue weighted by molar-refractivity contribution is 0.254. The Labute approximate surface area is 102 Å². The first kappa shape index (κ1) is 14.0. The molecule has 1 unspecified atom stereocenters. The molecule has 0 radical (unpaired) electrons. The van der Waals surface area contributed by atoms with Gasteiger partial charge >= 0.3 is 0 Å². The molecule has 0 aliphatic heterocycles. The zero-order valence-electron chi connectivity index (χ0n) is 9.76. The summed E-state index contributed by atoms with van der Waals surface area (Å²) in [7, 11) is -3.42. The van der Waals surface area contributed by atoms with Crippen LogP contribution in [-0.2, 0) is 15.8 Å². The van der Waals surface area contributed by atoms with E-state index in [1.165, 1.54) is 0 Å². The Bertz CT molecular complexity index is 438. The van der Waals surface area contributed by atoms with Gasteiger partial charge in [0.1, 0.15) is 0 Å². The number of hydrogen-bond acceptors (Lipinski definition) is 4. The molecule has 1 aromatic carbocycles. The molecule has 5 nitrogen and oxygen atoms in total. The van der Waals surface area contributed by atoms with Gasteiger partial charge in [-0.25, -0.2) is 13.1 Å². The van der Waals surface area contributed by atoms with Crippen molar-refractivity contribution in [3.05, 3.63) is 29.8 Å². The molecular weight excluding hydrogens is 240 g/mol. The van der Waals surface area contributed by atoms with E-state index in [1.54, 1.807) is 24.3 Å². The molecule has 6 heteroatoms. The van der Waals surface area contributed by atoms with Gasteiger partial charge in [-0.05, 0) is 24.1 Å². The Morgan fingerprint density at radius 3 is 2.41 bits per heavy atom. The van der Waals surface area contributed by atoms with E-state index in [1.807, 2.05) is 6.92 Å². The first-order valence-corrected chi connectivity index (χ1v) is 7.07. The van der Waals surface area contributed by atoms with Gasteiger partial charge < -0.3 is 10.8 Å². The van der Waals surface area contributed by atoms with Gasteiger partial charge in [-0.2, -0.15) is 0 Å². The van der Waals surface area contributed by atoms with E-state index < -0.39 is 16.1 Å². The standard InChI is InChI=1S/C11H18N2O3S/c1-2-11(7-14)13-17(15,16)8-9-3-5-10(12)6-4-9/h3-6,11,13-14H,2,7-8,12H2,1H3. The van der Waals surface area contributed by atoms with E-state index in [2.05, 4.69) is 4.72 Å². The van der Waals surface area contributed by atoms with Crippen molar-refractivity contribution in [1.29, 1.82) is 0 Å². The van der Waals surface area contributed by atoms with Gasteiger partial charge in [0.2, 0.25) is 10.0 Å². The number of nitrogens with two attached hydrogens (primary N) is 1. The Balaban J connectivity index is 2.69. The highest BCUT2D eigenvalue weighted by molar-refractivity contribution is 7.88. The van der Waals surface area contributed by atoms with Crippen molar-refractivity contribution in [2.45, 2.75) is 25.1 Å². The van der Waals surface area contributed by atoms with Crippen LogP contribution in [0.3, 0.4) is 0 Å². The fourth-order valence-electron chi connectivity index (χ4n) is 1.38. The number of aliphatic hydroxyl groups is 1. The van der Waals surface area contributed by atoms with E-state index >= 15 is 0 Å². The highest BCUT2D eigenvalue weighted by Crippen LogP contribution is 2.09. The van der Waals surface area contributed by atoms with Crippen LogP contribution in [0.25, 0.3) is 0 Å². The van der Waals surface area contributed by atoms with E-state index in [0.29, 0.717) is 17.7 Å². The van der Waals surface area contributed by atoms with E-state index in [4.69, 9.17) is 10.8 Å². The average Bonchev–Trinajstić information content (AvgIpc) is 2.29. The summed E-state index contributed by atoms with van der Waals surface area (Å²) in [6, 6.07) is 6.25. The van der Waals surface area contributed by atoms with Crippen LogP contribution in [0.2, 0.25) is 0 Å². The minimum atomic E-state index is -3.42. The summed E-state index contributed by atoms with van der Waals surface area (Å²) < 4.78 is 26.0. The number of nitrogens with one attached hydrogen (secondary N) is 1. The highest BCUT2D eigenvalue weighted by Gasteiger charge is 2.16. The van der Waals surface area contributed by atoms with Gasteiger partial charge in [-0.1, -0.05) is 19.1 Å². The van der Waals surface area contributed by atoms with Crippen LogP contribution in [0, 0.1) is 0 Å². The molecular formula is C11H18N2O3S. The summed E-state index contributed by atoms with van der Waals surface area (Å²) >= 11 is 0. The molecule has 0 saturated heterocycles. The van der Waals surface area contributed by atoms with Crippen LogP contribution in [0.4, 0.5) is 5.69 Å². The summed E-state index contributed by atoms with van der Waals surface area (Å²) in [5.74, 6) is -0.107. The topological polar surface area (TPSA) is 92.4 Å². The molecule has 0 heterocycles. The van der Waals surface area contributed by atoms with Gasteiger partial charge in [0, 0.05) is 11.7 Å². The van der Waals surface area contributed by atoms with Crippen LogP contribution >= 0.6 is 0 Å². The molecule has 0 amide bonds. The number of anilines is 1. The fourth-order valence-corrected chi connectivity index (χ4v) is 2.84. The third kappa shape index (κ3) is 4.72. The number of benzene rings is 1. The molecule has 0 bridgehead atoms. The largest absolute Gasteiger partial charge is 0.399 e. The quantitative estimate of drug-likeness (QED) is 0.646. The van der Waals surface area contributed by atoms with Crippen LogP contribution in [0.1, 0.15) is 18.9 Å². The second kappa shape index (κ2) is 6.00. The molecule has 0 aliphatic rings. The molecule has 0 aliphatic carbocycles. The molecule has 4 N–H and O–H groups in total. The van der Waals surface area contributed by atoms with Crippen molar-refractivity contribution >= 4 is 15.7 Å². The van der Waals surface area contributed by atoms with Crippen molar-refractivity contribution in [1.82, 2.24) is 4.72 Å². The fraction of sp³-hybridized carbons (Fsp3) is 0.455. The number of sulfonamides is 1. The monoisotopic (exact) mass is 258 g/mol. The second-order valence-corrected chi connectivity index (χ2v) is 5.66. The predicted molar refractivity (Wildman–Crippen MR) is 67.8 cm³/mol. The predicted octanol–water partition coefficient (Wildman–Crippen LogP) is 0.459. The van der Waals surface area contributed by atoms with Gasteiger partial charge in [0.25, 0.3) is 0 Å². The minimum Gasteiger partial charge on any atom is -0.399 e.